The number of amides is 2. The Morgan fingerprint density at radius 2 is 1.77 bits per heavy atom. The molecule has 0 unspecified atom stereocenters. The maximum Gasteiger partial charge on any atom is 0.241 e. The van der Waals surface area contributed by atoms with Crippen LogP contribution in [0.3, 0.4) is 0 Å². The van der Waals surface area contributed by atoms with E-state index < -0.39 is 20.6 Å². The number of nitrogens with one attached hydrogen (secondary N) is 1. The number of thioether (sulfide) groups is 1. The highest BCUT2D eigenvalue weighted by Crippen LogP contribution is 2.46. The van der Waals surface area contributed by atoms with E-state index in [9.17, 15) is 18.0 Å². The molecule has 0 saturated carbocycles. The van der Waals surface area contributed by atoms with Gasteiger partial charge >= 0.3 is 0 Å². The lowest BCUT2D eigenvalue weighted by Gasteiger charge is -2.24. The normalized spacial score (nSPS) is 15.9. The van der Waals surface area contributed by atoms with Gasteiger partial charge in [0.1, 0.15) is 5.37 Å². The summed E-state index contributed by atoms with van der Waals surface area (Å²) in [5.41, 5.74) is 3.88. The van der Waals surface area contributed by atoms with Crippen molar-refractivity contribution < 1.29 is 27.5 Å². The maximum absolute atomic E-state index is 13.8. The Labute approximate surface area is 278 Å². The number of anilines is 1. The Morgan fingerprint density at radius 3 is 2.43 bits per heavy atom. The summed E-state index contributed by atoms with van der Waals surface area (Å²) in [6.07, 6.45) is 3.93. The van der Waals surface area contributed by atoms with Crippen LogP contribution >= 0.6 is 11.8 Å². The predicted molar refractivity (Wildman–Crippen MR) is 182 cm³/mol. The fourth-order valence-corrected chi connectivity index (χ4v) is 6.98. The number of ether oxygens (including phenoxy) is 2. The fourth-order valence-electron chi connectivity index (χ4n) is 5.01. The fraction of sp³-hybridized carbons (Fsp3) is 0.229. The van der Waals surface area contributed by atoms with Gasteiger partial charge in [-0.15, -0.1) is 11.8 Å². The summed E-state index contributed by atoms with van der Waals surface area (Å²) in [6.45, 7) is 2.78. The van der Waals surface area contributed by atoms with Crippen LogP contribution < -0.4 is 24.8 Å². The molecule has 0 bridgehead atoms. The van der Waals surface area contributed by atoms with Gasteiger partial charge in [-0.05, 0) is 85.1 Å². The van der Waals surface area contributed by atoms with Crippen molar-refractivity contribution in [2.75, 3.05) is 25.2 Å². The molecular formula is C35H34N4O6S2. The highest BCUT2D eigenvalue weighted by Gasteiger charge is 2.42. The van der Waals surface area contributed by atoms with Crippen LogP contribution in [0.5, 0.6) is 11.5 Å². The number of benzene rings is 3. The second-order valence-electron chi connectivity index (χ2n) is 10.6. The molecule has 2 atom stereocenters. The highest BCUT2D eigenvalue weighted by atomic mass is 32.2. The first-order chi connectivity index (χ1) is 22.7. The Morgan fingerprint density at radius 1 is 1.02 bits per heavy atom. The quantitative estimate of drug-likeness (QED) is 0.224. The summed E-state index contributed by atoms with van der Waals surface area (Å²) >= 11 is 1.37. The molecule has 1 aliphatic heterocycles. The van der Waals surface area contributed by atoms with Crippen LogP contribution in [0.25, 0.3) is 0 Å². The van der Waals surface area contributed by atoms with Gasteiger partial charge in [-0.25, -0.2) is 13.6 Å². The number of methoxy groups -OCH3 is 1. The van der Waals surface area contributed by atoms with E-state index in [1.165, 1.54) is 23.9 Å². The molecule has 0 spiro atoms. The number of carbonyl (C=O) groups excluding carboxylic acids is 2. The molecule has 0 radical (unpaired) electrons. The summed E-state index contributed by atoms with van der Waals surface area (Å²) in [6, 6.07) is 22.7. The lowest BCUT2D eigenvalue weighted by Crippen LogP contribution is -2.34. The molecule has 4 aromatic rings. The molecule has 2 amide bonds. The molecule has 2 heterocycles. The first kappa shape index (κ1) is 33.5. The number of nitrogens with two attached hydrogens (primary N) is 1. The molecule has 47 heavy (non-hydrogen) atoms. The van der Waals surface area contributed by atoms with Crippen LogP contribution in [-0.4, -0.2) is 50.7 Å². The first-order valence-electron chi connectivity index (χ1n) is 14.9. The second-order valence-corrected chi connectivity index (χ2v) is 13.4. The lowest BCUT2D eigenvalue weighted by molar-refractivity contribution is -0.124. The smallest absolute Gasteiger partial charge is 0.241 e. The zero-order chi connectivity index (χ0) is 33.4. The third kappa shape index (κ3) is 8.51. The highest BCUT2D eigenvalue weighted by molar-refractivity contribution is 8.01. The molecule has 242 valence electrons. The average molecular weight is 671 g/mol. The standard InChI is InChI=1S/C35H34N4O6S2/c1-3-45-31-21-25(10-17-30(31)44-2)18-20-38-33(40)22-32-34(41)39(28-13-15-29(16-14-28)47(36,42)43)35(46-32)27-11-8-24(9-12-27)6-7-26-5-4-19-37-23-26/h4-5,8-17,19,21,23,32,35H,3,18,20,22H2,1-2H3,(H,38,40)(H2,36,42,43)/t32-,35+/m1/s1. The number of hydrogen-bond donors (Lipinski definition) is 2. The van der Waals surface area contributed by atoms with Crippen molar-refractivity contribution in [1.29, 1.82) is 0 Å². The van der Waals surface area contributed by atoms with Gasteiger partial charge in [-0.1, -0.05) is 30.0 Å². The van der Waals surface area contributed by atoms with Gasteiger partial charge in [0.05, 0.1) is 23.9 Å². The van der Waals surface area contributed by atoms with Gasteiger partial charge in [-0.3, -0.25) is 19.5 Å². The van der Waals surface area contributed by atoms with Crippen LogP contribution in [0.2, 0.25) is 0 Å². The van der Waals surface area contributed by atoms with Crippen molar-refractivity contribution in [2.45, 2.75) is 35.3 Å². The number of pyridine rings is 1. The Hall–Kier alpha value is -4.83. The van der Waals surface area contributed by atoms with Crippen molar-refractivity contribution in [1.82, 2.24) is 10.3 Å². The van der Waals surface area contributed by atoms with Gasteiger partial charge in [0.15, 0.2) is 11.5 Å². The Balaban J connectivity index is 1.30. The molecule has 10 nitrogen and oxygen atoms in total. The van der Waals surface area contributed by atoms with Crippen LogP contribution in [0.4, 0.5) is 5.69 Å². The zero-order valence-electron chi connectivity index (χ0n) is 25.9. The molecule has 3 aromatic carbocycles. The van der Waals surface area contributed by atoms with E-state index >= 15 is 0 Å². The van der Waals surface area contributed by atoms with E-state index in [0.717, 1.165) is 22.3 Å². The number of rotatable bonds is 11. The molecule has 3 N–H and O–H groups in total. The molecular weight excluding hydrogens is 637 g/mol. The summed E-state index contributed by atoms with van der Waals surface area (Å²) in [5, 5.41) is 7.10. The van der Waals surface area contributed by atoms with Gasteiger partial charge in [-0.2, -0.15) is 0 Å². The monoisotopic (exact) mass is 670 g/mol. The first-order valence-corrected chi connectivity index (χ1v) is 17.3. The molecule has 12 heteroatoms. The summed E-state index contributed by atoms with van der Waals surface area (Å²) in [4.78, 5) is 32.5. The van der Waals surface area contributed by atoms with Gasteiger partial charge < -0.3 is 14.8 Å². The van der Waals surface area contributed by atoms with Crippen LogP contribution in [0.1, 0.15) is 41.0 Å². The van der Waals surface area contributed by atoms with Crippen molar-refractivity contribution >= 4 is 39.3 Å². The number of primary sulfonamides is 1. The number of hydrogen-bond acceptors (Lipinski definition) is 8. The van der Waals surface area contributed by atoms with E-state index in [1.807, 2.05) is 61.5 Å². The van der Waals surface area contributed by atoms with E-state index in [0.29, 0.717) is 36.8 Å². The minimum absolute atomic E-state index is 0.0206. The van der Waals surface area contributed by atoms with E-state index in [2.05, 4.69) is 22.1 Å². The number of nitrogens with zero attached hydrogens (tertiary/aromatic N) is 2. The predicted octanol–water partition coefficient (Wildman–Crippen LogP) is 4.43. The summed E-state index contributed by atoms with van der Waals surface area (Å²) < 4.78 is 34.7. The summed E-state index contributed by atoms with van der Waals surface area (Å²) in [5.74, 6) is 6.98. The molecule has 1 aromatic heterocycles. The SMILES string of the molecule is CCOc1cc(CCNC(=O)C[C@H]2S[C@@H](c3ccc(C#Cc4cccnc4)cc3)N(c3ccc(S(N)(=O)=O)cc3)C2=O)ccc1OC. The second kappa shape index (κ2) is 15.2. The van der Waals surface area contributed by atoms with Crippen LogP contribution in [-0.2, 0) is 26.0 Å². The van der Waals surface area contributed by atoms with Gasteiger partial charge in [0.25, 0.3) is 0 Å². The largest absolute Gasteiger partial charge is 0.493 e. The number of aromatic nitrogens is 1. The van der Waals surface area contributed by atoms with Gasteiger partial charge in [0.2, 0.25) is 21.8 Å². The Kier molecular flexibility index (Phi) is 10.8. The Bertz CT molecular complexity index is 1890. The van der Waals surface area contributed by atoms with E-state index in [4.69, 9.17) is 14.6 Å². The molecule has 5 rings (SSSR count). The third-order valence-electron chi connectivity index (χ3n) is 7.33. The maximum atomic E-state index is 13.8. The van der Waals surface area contributed by atoms with Crippen LogP contribution in [0, 0.1) is 11.8 Å². The molecule has 1 aliphatic rings. The molecule has 1 saturated heterocycles. The topological polar surface area (TPSA) is 141 Å². The number of carbonyl (C=O) groups is 2. The lowest BCUT2D eigenvalue weighted by atomic mass is 10.1. The minimum atomic E-state index is -3.91. The minimum Gasteiger partial charge on any atom is -0.493 e. The van der Waals surface area contributed by atoms with E-state index in [-0.39, 0.29) is 23.1 Å². The van der Waals surface area contributed by atoms with Crippen LogP contribution in [0.15, 0.2) is 96.2 Å². The van der Waals surface area contributed by atoms with Crippen molar-refractivity contribution in [2.24, 2.45) is 5.14 Å². The number of sulfonamides is 1. The van der Waals surface area contributed by atoms with Crippen molar-refractivity contribution in [3.05, 3.63) is 114 Å². The summed E-state index contributed by atoms with van der Waals surface area (Å²) in [7, 11) is -2.33. The van der Waals surface area contributed by atoms with Crippen molar-refractivity contribution in [3.8, 4) is 23.3 Å². The molecule has 1 fully saturated rings. The molecule has 0 aliphatic carbocycles. The van der Waals surface area contributed by atoms with Gasteiger partial charge in [0, 0.05) is 42.2 Å². The zero-order valence-corrected chi connectivity index (χ0v) is 27.5. The van der Waals surface area contributed by atoms with E-state index in [1.54, 1.807) is 36.5 Å². The average Bonchev–Trinajstić information content (AvgIpc) is 3.39. The van der Waals surface area contributed by atoms with Crippen molar-refractivity contribution in [3.63, 3.8) is 0 Å². The third-order valence-corrected chi connectivity index (χ3v) is 9.69.